The Morgan fingerprint density at radius 1 is 1.80 bits per heavy atom. The average molecular weight is 269 g/mol. The maximum absolute atomic E-state index is 11.5. The minimum Gasteiger partial charge on any atom is -0.349 e. The summed E-state index contributed by atoms with van der Waals surface area (Å²) in [5, 5.41) is 11.1. The van der Waals surface area contributed by atoms with E-state index in [2.05, 4.69) is 31.2 Å². The molecular formula is C9H9BrN4O. The van der Waals surface area contributed by atoms with Crippen molar-refractivity contribution in [3.63, 3.8) is 0 Å². The Morgan fingerprint density at radius 3 is 3.13 bits per heavy atom. The van der Waals surface area contributed by atoms with Crippen LogP contribution in [0.25, 0.3) is 0 Å². The maximum Gasteiger partial charge on any atom is 0.271 e. The number of nitrogens with zero attached hydrogens (tertiary/aromatic N) is 3. The second-order valence-electron chi connectivity index (χ2n) is 2.96. The van der Waals surface area contributed by atoms with E-state index in [4.69, 9.17) is 5.26 Å². The molecule has 5 nitrogen and oxygen atoms in total. The van der Waals surface area contributed by atoms with E-state index in [0.717, 1.165) is 0 Å². The Balaban J connectivity index is 2.63. The van der Waals surface area contributed by atoms with Crippen molar-refractivity contribution in [1.29, 1.82) is 5.26 Å². The molecule has 0 bridgehead atoms. The fourth-order valence-corrected chi connectivity index (χ4v) is 1.26. The molecule has 0 fully saturated rings. The summed E-state index contributed by atoms with van der Waals surface area (Å²) in [6.07, 6.45) is 2.79. The van der Waals surface area contributed by atoms with Gasteiger partial charge in [0.25, 0.3) is 5.91 Å². The zero-order valence-electron chi connectivity index (χ0n) is 8.07. The first-order chi connectivity index (χ1) is 7.15. The summed E-state index contributed by atoms with van der Waals surface area (Å²) in [5.41, 5.74) is 0.273. The Bertz CT molecular complexity index is 401. The molecule has 0 radical (unpaired) electrons. The van der Waals surface area contributed by atoms with Gasteiger partial charge in [-0.25, -0.2) is 9.97 Å². The first kappa shape index (κ1) is 11.6. The molecule has 15 heavy (non-hydrogen) atoms. The van der Waals surface area contributed by atoms with Gasteiger partial charge in [0.2, 0.25) is 0 Å². The number of nitriles is 1. The second kappa shape index (κ2) is 5.41. The van der Waals surface area contributed by atoms with Crippen LogP contribution in [0.4, 0.5) is 0 Å². The van der Waals surface area contributed by atoms with Gasteiger partial charge in [0.05, 0.1) is 16.5 Å². The highest BCUT2D eigenvalue weighted by molar-refractivity contribution is 9.10. The molecule has 0 aromatic carbocycles. The third-order valence-electron chi connectivity index (χ3n) is 1.67. The summed E-state index contributed by atoms with van der Waals surface area (Å²) >= 11 is 3.17. The number of carbonyl (C=O) groups is 1. The molecule has 0 aliphatic rings. The van der Waals surface area contributed by atoms with E-state index >= 15 is 0 Å². The van der Waals surface area contributed by atoms with Crippen LogP contribution in [-0.4, -0.2) is 22.4 Å². The van der Waals surface area contributed by atoms with Crippen LogP contribution in [0.1, 0.15) is 17.4 Å². The van der Waals surface area contributed by atoms with Gasteiger partial charge in [-0.15, -0.1) is 0 Å². The smallest absolute Gasteiger partial charge is 0.271 e. The lowest BCUT2D eigenvalue weighted by atomic mass is 10.2. The molecule has 1 amide bonds. The van der Waals surface area contributed by atoms with Crippen molar-refractivity contribution in [3.05, 3.63) is 22.7 Å². The third-order valence-corrected chi connectivity index (χ3v) is 2.25. The molecule has 1 heterocycles. The highest BCUT2D eigenvalue weighted by Crippen LogP contribution is 2.11. The molecule has 0 aliphatic heterocycles. The minimum absolute atomic E-state index is 0.213. The van der Waals surface area contributed by atoms with Crippen LogP contribution < -0.4 is 5.32 Å². The molecule has 1 aromatic rings. The van der Waals surface area contributed by atoms with Gasteiger partial charge in [-0.05, 0) is 22.9 Å². The molecule has 1 rings (SSSR count). The zero-order valence-corrected chi connectivity index (χ0v) is 9.65. The molecule has 0 aliphatic carbocycles. The molecule has 1 atom stereocenters. The summed E-state index contributed by atoms with van der Waals surface area (Å²) in [6.45, 7) is 2.04. The van der Waals surface area contributed by atoms with Crippen molar-refractivity contribution >= 4 is 21.8 Å². The van der Waals surface area contributed by atoms with Crippen molar-refractivity contribution < 1.29 is 4.79 Å². The van der Waals surface area contributed by atoms with E-state index in [1.165, 1.54) is 12.5 Å². The lowest BCUT2D eigenvalue weighted by Gasteiger charge is -2.05. The Labute approximate surface area is 95.7 Å². The zero-order chi connectivity index (χ0) is 11.3. The lowest BCUT2D eigenvalue weighted by molar-refractivity contribution is 0.0944. The maximum atomic E-state index is 11.5. The van der Waals surface area contributed by atoms with Gasteiger partial charge in [0.1, 0.15) is 12.0 Å². The Morgan fingerprint density at radius 2 is 2.53 bits per heavy atom. The van der Waals surface area contributed by atoms with Gasteiger partial charge >= 0.3 is 0 Å². The first-order valence-electron chi connectivity index (χ1n) is 4.28. The molecular weight excluding hydrogens is 260 g/mol. The quantitative estimate of drug-likeness (QED) is 0.892. The number of carbonyl (C=O) groups excluding carboxylic acids is 1. The molecule has 78 valence electrons. The first-order valence-corrected chi connectivity index (χ1v) is 5.07. The molecule has 6 heteroatoms. The van der Waals surface area contributed by atoms with Crippen LogP contribution in [0.5, 0.6) is 0 Å². The van der Waals surface area contributed by atoms with Gasteiger partial charge in [-0.2, -0.15) is 5.26 Å². The predicted octanol–water partition coefficient (Wildman–Crippen LogP) is 1.13. The number of nitrogens with one attached hydrogen (secondary N) is 1. The number of halogens is 1. The molecule has 1 unspecified atom stereocenters. The standard InChI is InChI=1S/C9H9BrN4O/c1-6(2-11)3-13-9(15)8-7(10)4-12-5-14-8/h4-6H,3H2,1H3,(H,13,15). The molecule has 1 aromatic heterocycles. The van der Waals surface area contributed by atoms with Crippen molar-refractivity contribution in [3.8, 4) is 6.07 Å². The van der Waals surface area contributed by atoms with Crippen LogP contribution in [-0.2, 0) is 0 Å². The van der Waals surface area contributed by atoms with Crippen molar-refractivity contribution in [2.75, 3.05) is 6.54 Å². The highest BCUT2D eigenvalue weighted by Gasteiger charge is 2.11. The van der Waals surface area contributed by atoms with Crippen molar-refractivity contribution in [2.45, 2.75) is 6.92 Å². The van der Waals surface area contributed by atoms with Gasteiger partial charge < -0.3 is 5.32 Å². The van der Waals surface area contributed by atoms with Crippen LogP contribution in [0.2, 0.25) is 0 Å². The molecule has 0 saturated heterocycles. The average Bonchev–Trinajstić information content (AvgIpc) is 2.26. The summed E-state index contributed by atoms with van der Waals surface area (Å²) in [4.78, 5) is 19.1. The monoisotopic (exact) mass is 268 g/mol. The van der Waals surface area contributed by atoms with E-state index in [9.17, 15) is 4.79 Å². The van der Waals surface area contributed by atoms with Crippen LogP contribution >= 0.6 is 15.9 Å². The summed E-state index contributed by atoms with van der Waals surface area (Å²) in [6, 6.07) is 2.03. The Kier molecular flexibility index (Phi) is 4.18. The lowest BCUT2D eigenvalue weighted by Crippen LogP contribution is -2.28. The van der Waals surface area contributed by atoms with Gasteiger partial charge in [0.15, 0.2) is 0 Å². The SMILES string of the molecule is CC(C#N)CNC(=O)c1ncncc1Br. The van der Waals surface area contributed by atoms with E-state index in [1.54, 1.807) is 6.92 Å². The van der Waals surface area contributed by atoms with Crippen LogP contribution in [0.3, 0.4) is 0 Å². The number of hydrogen-bond acceptors (Lipinski definition) is 4. The minimum atomic E-state index is -0.314. The highest BCUT2D eigenvalue weighted by atomic mass is 79.9. The van der Waals surface area contributed by atoms with E-state index < -0.39 is 0 Å². The number of aromatic nitrogens is 2. The summed E-state index contributed by atoms with van der Waals surface area (Å²) in [7, 11) is 0. The van der Waals surface area contributed by atoms with Crippen molar-refractivity contribution in [1.82, 2.24) is 15.3 Å². The van der Waals surface area contributed by atoms with E-state index in [-0.39, 0.29) is 17.5 Å². The number of amides is 1. The normalized spacial score (nSPS) is 11.5. The third kappa shape index (κ3) is 3.29. The Hall–Kier alpha value is -1.48. The number of hydrogen-bond donors (Lipinski definition) is 1. The number of rotatable bonds is 3. The molecule has 0 spiro atoms. The second-order valence-corrected chi connectivity index (χ2v) is 3.81. The van der Waals surface area contributed by atoms with E-state index in [0.29, 0.717) is 11.0 Å². The molecule has 1 N–H and O–H groups in total. The summed E-state index contributed by atoms with van der Waals surface area (Å²) < 4.78 is 0.534. The van der Waals surface area contributed by atoms with Gasteiger partial charge in [-0.1, -0.05) is 0 Å². The summed E-state index contributed by atoms with van der Waals surface area (Å²) in [5.74, 6) is -0.527. The van der Waals surface area contributed by atoms with Crippen molar-refractivity contribution in [2.24, 2.45) is 5.92 Å². The van der Waals surface area contributed by atoms with Gasteiger partial charge in [0, 0.05) is 12.7 Å². The molecule has 0 saturated carbocycles. The topological polar surface area (TPSA) is 78.7 Å². The fraction of sp³-hybridized carbons (Fsp3) is 0.333. The van der Waals surface area contributed by atoms with E-state index in [1.807, 2.05) is 6.07 Å². The fourth-order valence-electron chi connectivity index (χ4n) is 0.855. The largest absolute Gasteiger partial charge is 0.349 e. The van der Waals surface area contributed by atoms with Crippen LogP contribution in [0, 0.1) is 17.2 Å². The predicted molar refractivity (Wildman–Crippen MR) is 56.8 cm³/mol. The van der Waals surface area contributed by atoms with Gasteiger partial charge in [-0.3, -0.25) is 4.79 Å². The van der Waals surface area contributed by atoms with Crippen LogP contribution in [0.15, 0.2) is 17.0 Å².